The molecule has 6 nitrogen and oxygen atoms in total. The van der Waals surface area contributed by atoms with E-state index in [1.807, 2.05) is 29.2 Å². The van der Waals surface area contributed by atoms with Gasteiger partial charge in [-0.15, -0.1) is 5.10 Å². The number of benzene rings is 1. The van der Waals surface area contributed by atoms with Crippen LogP contribution < -0.4 is 15.4 Å². The van der Waals surface area contributed by atoms with Crippen molar-refractivity contribution >= 4 is 6.01 Å². The fourth-order valence-corrected chi connectivity index (χ4v) is 1.94. The average molecular weight is 246 g/mol. The normalized spacial score (nSPS) is 14.8. The number of fused-ring (bicyclic) bond motifs is 1. The molecule has 0 fully saturated rings. The van der Waals surface area contributed by atoms with Gasteiger partial charge in [0.25, 0.3) is 0 Å². The van der Waals surface area contributed by atoms with Gasteiger partial charge >= 0.3 is 6.01 Å². The summed E-state index contributed by atoms with van der Waals surface area (Å²) in [5, 5.41) is 7.87. The molecule has 94 valence electrons. The zero-order valence-corrected chi connectivity index (χ0v) is 9.87. The summed E-state index contributed by atoms with van der Waals surface area (Å²) >= 11 is 0. The first-order valence-corrected chi connectivity index (χ1v) is 5.85. The van der Waals surface area contributed by atoms with Gasteiger partial charge in [-0.1, -0.05) is 23.3 Å². The first-order chi connectivity index (χ1) is 8.86. The van der Waals surface area contributed by atoms with Crippen LogP contribution in [0, 0.1) is 0 Å². The van der Waals surface area contributed by atoms with E-state index in [1.165, 1.54) is 0 Å². The Labute approximate surface area is 104 Å². The highest BCUT2D eigenvalue weighted by Gasteiger charge is 2.19. The van der Waals surface area contributed by atoms with E-state index in [0.29, 0.717) is 31.6 Å². The molecule has 1 aliphatic rings. The lowest BCUT2D eigenvalue weighted by molar-refractivity contribution is 0.329. The molecule has 0 bridgehead atoms. The lowest BCUT2D eigenvalue weighted by atomic mass is 10.2. The van der Waals surface area contributed by atoms with E-state index in [4.69, 9.17) is 14.9 Å². The van der Waals surface area contributed by atoms with Crippen LogP contribution in [0.1, 0.15) is 11.5 Å². The minimum atomic E-state index is 0.258. The molecule has 0 aliphatic carbocycles. The predicted octanol–water partition coefficient (Wildman–Crippen LogP) is 0.927. The van der Waals surface area contributed by atoms with Gasteiger partial charge in [0.2, 0.25) is 5.89 Å². The van der Waals surface area contributed by atoms with Crippen LogP contribution in [0.5, 0.6) is 5.75 Å². The maximum Gasteiger partial charge on any atom is 0.318 e. The molecule has 1 aromatic carbocycles. The van der Waals surface area contributed by atoms with Crippen LogP contribution in [-0.4, -0.2) is 23.3 Å². The van der Waals surface area contributed by atoms with Crippen LogP contribution in [0.4, 0.5) is 6.01 Å². The molecule has 3 rings (SSSR count). The monoisotopic (exact) mass is 246 g/mol. The van der Waals surface area contributed by atoms with Gasteiger partial charge in [0, 0.05) is 5.56 Å². The first-order valence-electron chi connectivity index (χ1n) is 5.85. The van der Waals surface area contributed by atoms with Crippen LogP contribution in [-0.2, 0) is 13.1 Å². The van der Waals surface area contributed by atoms with Crippen molar-refractivity contribution in [1.29, 1.82) is 0 Å². The zero-order chi connectivity index (χ0) is 12.4. The summed E-state index contributed by atoms with van der Waals surface area (Å²) in [4.78, 5) is 2.00. The molecule has 18 heavy (non-hydrogen) atoms. The highest BCUT2D eigenvalue weighted by Crippen LogP contribution is 2.25. The van der Waals surface area contributed by atoms with Gasteiger partial charge in [-0.05, 0) is 6.07 Å². The summed E-state index contributed by atoms with van der Waals surface area (Å²) in [6, 6.07) is 8.46. The lowest BCUT2D eigenvalue weighted by Crippen LogP contribution is -2.25. The number of nitrogens with two attached hydrogens (primary N) is 1. The SMILES string of the molecule is NCc1nnc(N2CCOc3ccccc3C2)o1. The number of hydrogen-bond donors (Lipinski definition) is 1. The molecule has 2 N–H and O–H groups in total. The van der Waals surface area contributed by atoms with Gasteiger partial charge in [-0.3, -0.25) is 0 Å². The van der Waals surface area contributed by atoms with E-state index in [0.717, 1.165) is 11.3 Å². The number of ether oxygens (including phenoxy) is 1. The molecule has 2 aromatic rings. The van der Waals surface area contributed by atoms with Crippen molar-refractivity contribution in [2.75, 3.05) is 18.1 Å². The summed E-state index contributed by atoms with van der Waals surface area (Å²) in [7, 11) is 0. The molecule has 0 amide bonds. The molecule has 0 atom stereocenters. The van der Waals surface area contributed by atoms with E-state index in [2.05, 4.69) is 10.2 Å². The molecule has 0 saturated carbocycles. The second-order valence-corrected chi connectivity index (χ2v) is 4.06. The smallest absolute Gasteiger partial charge is 0.318 e. The number of hydrogen-bond acceptors (Lipinski definition) is 6. The highest BCUT2D eigenvalue weighted by atomic mass is 16.5. The summed E-state index contributed by atoms with van der Waals surface area (Å²) in [6.07, 6.45) is 0. The van der Waals surface area contributed by atoms with E-state index >= 15 is 0 Å². The fourth-order valence-electron chi connectivity index (χ4n) is 1.94. The number of aromatic nitrogens is 2. The fraction of sp³-hybridized carbons (Fsp3) is 0.333. The summed E-state index contributed by atoms with van der Waals surface area (Å²) < 4.78 is 11.1. The molecule has 2 heterocycles. The predicted molar refractivity (Wildman–Crippen MR) is 65.2 cm³/mol. The van der Waals surface area contributed by atoms with E-state index < -0.39 is 0 Å². The van der Waals surface area contributed by atoms with Crippen LogP contribution in [0.2, 0.25) is 0 Å². The Morgan fingerprint density at radius 2 is 2.17 bits per heavy atom. The van der Waals surface area contributed by atoms with Crippen molar-refractivity contribution in [1.82, 2.24) is 10.2 Å². The maximum atomic E-state index is 5.68. The van der Waals surface area contributed by atoms with Crippen molar-refractivity contribution in [3.63, 3.8) is 0 Å². The lowest BCUT2D eigenvalue weighted by Gasteiger charge is -2.16. The molecule has 0 saturated heterocycles. The standard InChI is InChI=1S/C12H14N4O2/c13-7-11-14-15-12(18-11)16-5-6-17-10-4-2-1-3-9(10)8-16/h1-4H,5-8,13H2. The zero-order valence-electron chi connectivity index (χ0n) is 9.87. The third kappa shape index (κ3) is 2.02. The van der Waals surface area contributed by atoms with Crippen LogP contribution in [0.25, 0.3) is 0 Å². The van der Waals surface area contributed by atoms with Crippen molar-refractivity contribution in [2.45, 2.75) is 13.1 Å². The number of anilines is 1. The number of nitrogens with zero attached hydrogens (tertiary/aromatic N) is 3. The molecule has 0 radical (unpaired) electrons. The molecule has 1 aliphatic heterocycles. The Hall–Kier alpha value is -2.08. The van der Waals surface area contributed by atoms with Crippen molar-refractivity contribution < 1.29 is 9.15 Å². The highest BCUT2D eigenvalue weighted by molar-refractivity contribution is 5.39. The van der Waals surface area contributed by atoms with Crippen LogP contribution >= 0.6 is 0 Å². The average Bonchev–Trinajstić information content (AvgIpc) is 2.78. The molecule has 0 spiro atoms. The van der Waals surface area contributed by atoms with Gasteiger partial charge in [-0.2, -0.15) is 0 Å². The Morgan fingerprint density at radius 3 is 3.00 bits per heavy atom. The largest absolute Gasteiger partial charge is 0.491 e. The van der Waals surface area contributed by atoms with Gasteiger partial charge in [-0.25, -0.2) is 0 Å². The van der Waals surface area contributed by atoms with Gasteiger partial charge in [0.1, 0.15) is 12.4 Å². The number of para-hydroxylation sites is 1. The minimum Gasteiger partial charge on any atom is -0.491 e. The topological polar surface area (TPSA) is 77.4 Å². The van der Waals surface area contributed by atoms with Gasteiger partial charge in [0.15, 0.2) is 0 Å². The van der Waals surface area contributed by atoms with Gasteiger partial charge in [0.05, 0.1) is 19.6 Å². The van der Waals surface area contributed by atoms with E-state index in [-0.39, 0.29) is 6.54 Å². The Balaban J connectivity index is 1.86. The second kappa shape index (κ2) is 4.66. The van der Waals surface area contributed by atoms with Crippen molar-refractivity contribution in [2.24, 2.45) is 5.73 Å². The van der Waals surface area contributed by atoms with Gasteiger partial charge < -0.3 is 19.8 Å². The summed E-state index contributed by atoms with van der Waals surface area (Å²) in [6.45, 7) is 2.26. The summed E-state index contributed by atoms with van der Waals surface area (Å²) in [5.41, 5.74) is 6.57. The Bertz CT molecular complexity index is 540. The molecule has 0 unspecified atom stereocenters. The molecule has 1 aromatic heterocycles. The van der Waals surface area contributed by atoms with E-state index in [9.17, 15) is 0 Å². The minimum absolute atomic E-state index is 0.258. The second-order valence-electron chi connectivity index (χ2n) is 4.06. The molecular formula is C12H14N4O2. The van der Waals surface area contributed by atoms with E-state index in [1.54, 1.807) is 0 Å². The third-order valence-electron chi connectivity index (χ3n) is 2.85. The van der Waals surface area contributed by atoms with Crippen LogP contribution in [0.15, 0.2) is 28.7 Å². The quantitative estimate of drug-likeness (QED) is 0.849. The summed E-state index contributed by atoms with van der Waals surface area (Å²) in [5.74, 6) is 1.36. The van der Waals surface area contributed by atoms with Crippen molar-refractivity contribution in [3.05, 3.63) is 35.7 Å². The first kappa shape index (κ1) is 11.0. The maximum absolute atomic E-state index is 5.68. The number of rotatable bonds is 2. The Kier molecular flexibility index (Phi) is 2.85. The Morgan fingerprint density at radius 1 is 1.28 bits per heavy atom. The van der Waals surface area contributed by atoms with Crippen molar-refractivity contribution in [3.8, 4) is 5.75 Å². The third-order valence-corrected chi connectivity index (χ3v) is 2.85. The van der Waals surface area contributed by atoms with Crippen LogP contribution in [0.3, 0.4) is 0 Å². The molecule has 6 heteroatoms. The molecular weight excluding hydrogens is 232 g/mol.